The number of hydrogen-bond donors (Lipinski definition) is 0. The van der Waals surface area contributed by atoms with Crippen molar-refractivity contribution >= 4 is 20.3 Å². The van der Waals surface area contributed by atoms with E-state index in [-0.39, 0.29) is 0 Å². The summed E-state index contributed by atoms with van der Waals surface area (Å²) in [5.41, 5.74) is 0. The third-order valence-electron chi connectivity index (χ3n) is 0.375. The SMILES string of the molecule is [C-]#CCCC.[Mn+][I]. The van der Waals surface area contributed by atoms with Gasteiger partial charge in [-0.1, -0.05) is 6.92 Å². The molecule has 0 unspecified atom stereocenters. The standard InChI is InChI=1S/C5H7.HI.Mn/c1-3-5-4-2;;/h3,5H2,1H3;1H;/q-1;;+2/p-1. The predicted octanol–water partition coefficient (Wildman–Crippen LogP) is 2.26. The van der Waals surface area contributed by atoms with E-state index in [1.807, 2.05) is 27.3 Å². The van der Waals surface area contributed by atoms with E-state index in [0.29, 0.717) is 0 Å². The van der Waals surface area contributed by atoms with Gasteiger partial charge >= 0.3 is 33.1 Å². The van der Waals surface area contributed by atoms with Gasteiger partial charge in [0.05, 0.1) is 0 Å². The molecule has 0 nitrogen and oxygen atoms in total. The van der Waals surface area contributed by atoms with Crippen LogP contribution in [0.3, 0.4) is 0 Å². The van der Waals surface area contributed by atoms with Crippen molar-refractivity contribution < 1.29 is 12.8 Å². The molecule has 0 aromatic rings. The fraction of sp³-hybridized carbons (Fsp3) is 0.600. The van der Waals surface area contributed by atoms with Crippen LogP contribution in [-0.4, -0.2) is 0 Å². The van der Waals surface area contributed by atoms with Gasteiger partial charge in [0.25, 0.3) is 0 Å². The zero-order valence-electron chi connectivity index (χ0n) is 4.17. The Bertz CT molecular complexity index is 46.5. The maximum atomic E-state index is 6.35. The molecule has 0 aromatic heterocycles. The quantitative estimate of drug-likeness (QED) is 0.289. The summed E-state index contributed by atoms with van der Waals surface area (Å²) in [6, 6.07) is 0. The van der Waals surface area contributed by atoms with E-state index in [0.717, 1.165) is 12.8 Å². The van der Waals surface area contributed by atoms with Gasteiger partial charge in [0.2, 0.25) is 0 Å². The molecule has 0 aromatic carbocycles. The molecule has 0 spiro atoms. The van der Waals surface area contributed by atoms with Crippen molar-refractivity contribution in [3.63, 3.8) is 0 Å². The Morgan fingerprint density at radius 2 is 2.14 bits per heavy atom. The summed E-state index contributed by atoms with van der Waals surface area (Å²) in [5.74, 6) is 2.27. The summed E-state index contributed by atoms with van der Waals surface area (Å²) in [4.78, 5) is 0. The van der Waals surface area contributed by atoms with Gasteiger partial charge in [-0.2, -0.15) is 0 Å². The number of unbranched alkanes of at least 4 members (excludes halogenated alkanes) is 1. The molecule has 0 saturated carbocycles. The molecule has 0 atom stereocenters. The third-order valence-corrected chi connectivity index (χ3v) is 0.375. The average molecular weight is 249 g/mol. The van der Waals surface area contributed by atoms with E-state index in [4.69, 9.17) is 6.42 Å². The van der Waals surface area contributed by atoms with E-state index >= 15 is 0 Å². The second kappa shape index (κ2) is 15.8. The molecule has 2 heteroatoms. The molecule has 0 N–H and O–H groups in total. The van der Waals surface area contributed by atoms with Crippen LogP contribution in [0.25, 0.3) is 0 Å². The van der Waals surface area contributed by atoms with E-state index in [1.165, 1.54) is 0 Å². The number of halogens is 1. The minimum atomic E-state index is 0.806. The van der Waals surface area contributed by atoms with Crippen LogP contribution in [0, 0.1) is 12.3 Å². The van der Waals surface area contributed by atoms with Crippen molar-refractivity contribution in [1.29, 1.82) is 0 Å². The van der Waals surface area contributed by atoms with Crippen LogP contribution in [0.2, 0.25) is 0 Å². The summed E-state index contributed by atoms with van der Waals surface area (Å²) < 4.78 is 0. The summed E-state index contributed by atoms with van der Waals surface area (Å²) in [7, 11) is 0. The molecule has 0 aliphatic carbocycles. The molecular weight excluding hydrogens is 242 g/mol. The first-order valence-corrected chi connectivity index (χ1v) is 5.76. The molecule has 0 fully saturated rings. The molecule has 7 heavy (non-hydrogen) atoms. The molecule has 0 aliphatic heterocycles. The maximum absolute atomic E-state index is 6.35. The Kier molecular flexibility index (Phi) is 24.3. The van der Waals surface area contributed by atoms with Gasteiger partial charge in [0.1, 0.15) is 0 Å². The molecular formula is C5H7IMn. The first-order valence-electron chi connectivity index (χ1n) is 1.95. The van der Waals surface area contributed by atoms with Crippen molar-refractivity contribution in [2.24, 2.45) is 0 Å². The molecule has 0 amide bonds. The van der Waals surface area contributed by atoms with Crippen LogP contribution < -0.4 is 0 Å². The Balaban J connectivity index is 0. The molecule has 0 radical (unpaired) electrons. The summed E-state index contributed by atoms with van der Waals surface area (Å²) in [6.07, 6.45) is 8.20. The second-order valence-electron chi connectivity index (χ2n) is 0.927. The molecule has 0 aliphatic rings. The zero-order chi connectivity index (χ0) is 6.12. The Morgan fingerprint density at radius 3 is 2.14 bits per heavy atom. The number of rotatable bonds is 1. The van der Waals surface area contributed by atoms with Gasteiger partial charge in [-0.25, -0.2) is 0 Å². The van der Waals surface area contributed by atoms with E-state index in [2.05, 4.69) is 18.7 Å². The van der Waals surface area contributed by atoms with Gasteiger partial charge in [-0.3, -0.25) is 0 Å². The summed E-state index contributed by atoms with van der Waals surface area (Å²) in [6.45, 7) is 2.03. The van der Waals surface area contributed by atoms with Crippen LogP contribution in [-0.2, 0) is 12.8 Å². The Morgan fingerprint density at radius 1 is 1.71 bits per heavy atom. The molecule has 41 valence electrons. The first kappa shape index (κ1) is 10.7. The molecule has 0 saturated heterocycles. The van der Waals surface area contributed by atoms with Crippen LogP contribution in [0.15, 0.2) is 0 Å². The Hall–Kier alpha value is 0.809. The zero-order valence-corrected chi connectivity index (χ0v) is 7.51. The van der Waals surface area contributed by atoms with Crippen LogP contribution in [0.5, 0.6) is 0 Å². The van der Waals surface area contributed by atoms with Crippen LogP contribution in [0.1, 0.15) is 19.8 Å². The topological polar surface area (TPSA) is 0 Å². The third kappa shape index (κ3) is 20.0. The van der Waals surface area contributed by atoms with Gasteiger partial charge in [-0.15, -0.1) is 0 Å². The van der Waals surface area contributed by atoms with Gasteiger partial charge in [0, 0.05) is 0 Å². The van der Waals surface area contributed by atoms with Crippen molar-refractivity contribution in [3.8, 4) is 5.92 Å². The van der Waals surface area contributed by atoms with Crippen LogP contribution in [0.4, 0.5) is 0 Å². The number of hydrogen-bond acceptors (Lipinski definition) is 0. The fourth-order valence-electron chi connectivity index (χ4n) is 0.125. The van der Waals surface area contributed by atoms with Crippen LogP contribution >= 0.6 is 20.3 Å². The van der Waals surface area contributed by atoms with Gasteiger partial charge in [0.15, 0.2) is 0 Å². The van der Waals surface area contributed by atoms with Crippen molar-refractivity contribution in [1.82, 2.24) is 0 Å². The van der Waals surface area contributed by atoms with Crippen molar-refractivity contribution in [3.05, 3.63) is 6.42 Å². The van der Waals surface area contributed by atoms with E-state index in [1.54, 1.807) is 0 Å². The van der Waals surface area contributed by atoms with E-state index in [9.17, 15) is 0 Å². The predicted molar refractivity (Wildman–Crippen MR) is 36.1 cm³/mol. The molecule has 0 bridgehead atoms. The molecule has 0 rings (SSSR count). The van der Waals surface area contributed by atoms with Gasteiger partial charge < -0.3 is 12.3 Å². The van der Waals surface area contributed by atoms with Crippen molar-refractivity contribution in [2.75, 3.05) is 0 Å². The normalized spacial score (nSPS) is 5.29. The summed E-state index contributed by atoms with van der Waals surface area (Å²) >= 11 is 4.87. The minimum absolute atomic E-state index is 0.806. The average Bonchev–Trinajstić information content (AvgIpc) is 1.75. The van der Waals surface area contributed by atoms with Crippen molar-refractivity contribution in [2.45, 2.75) is 19.8 Å². The molecule has 0 heterocycles. The van der Waals surface area contributed by atoms with Gasteiger partial charge in [-0.05, 0) is 12.8 Å². The second-order valence-corrected chi connectivity index (χ2v) is 0.927. The first-order chi connectivity index (χ1) is 3.41. The fourth-order valence-corrected chi connectivity index (χ4v) is 0.125. The monoisotopic (exact) mass is 249 g/mol. The van der Waals surface area contributed by atoms with E-state index < -0.39 is 0 Å². The Labute approximate surface area is 65.0 Å². The summed E-state index contributed by atoms with van der Waals surface area (Å²) in [5, 5.41) is 0.